The fraction of sp³-hybridized carbons (Fsp3) is 0.867. The number of nitrogens with zero attached hydrogens (tertiary/aromatic N) is 1. The highest BCUT2D eigenvalue weighted by molar-refractivity contribution is 7.58. The first-order valence-electron chi connectivity index (χ1n) is 8.33. The largest absolute Gasteiger partial charge is 0.438 e. The van der Waals surface area contributed by atoms with E-state index in [9.17, 15) is 19.4 Å². The lowest BCUT2D eigenvalue weighted by molar-refractivity contribution is -0.169. The van der Waals surface area contributed by atoms with Crippen LogP contribution in [0.3, 0.4) is 0 Å². The monoisotopic (exact) mass is 362 g/mol. The third kappa shape index (κ3) is 4.57. The normalized spacial score (nSPS) is 25.1. The molecular weight excluding hydrogens is 335 g/mol. The van der Waals surface area contributed by atoms with E-state index in [-0.39, 0.29) is 12.6 Å². The average molecular weight is 362 g/mol. The van der Waals surface area contributed by atoms with E-state index >= 15 is 0 Å². The van der Waals surface area contributed by atoms with E-state index < -0.39 is 37.3 Å². The van der Waals surface area contributed by atoms with Crippen LogP contribution in [0, 0.1) is 5.41 Å². The first-order chi connectivity index (χ1) is 11.1. The number of carbonyl (C=O) groups is 2. The Labute approximate surface area is 142 Å². The van der Waals surface area contributed by atoms with Gasteiger partial charge in [-0.3, -0.25) is 23.9 Å². The van der Waals surface area contributed by atoms with Crippen molar-refractivity contribution in [2.45, 2.75) is 64.6 Å². The molecule has 1 saturated carbocycles. The van der Waals surface area contributed by atoms with Crippen LogP contribution in [0.15, 0.2) is 0 Å². The number of rotatable bonds is 6. The number of hydrogen-bond acceptors (Lipinski definition) is 6. The zero-order valence-corrected chi connectivity index (χ0v) is 15.4. The molecule has 0 aromatic heterocycles. The second-order valence-electron chi connectivity index (χ2n) is 7.40. The topological polar surface area (TPSA) is 105 Å². The van der Waals surface area contributed by atoms with Gasteiger partial charge < -0.3 is 4.74 Å². The van der Waals surface area contributed by atoms with Crippen molar-refractivity contribution in [1.82, 2.24) is 10.2 Å². The summed E-state index contributed by atoms with van der Waals surface area (Å²) >= 11 is 0. The van der Waals surface area contributed by atoms with E-state index in [1.165, 1.54) is 0 Å². The highest BCUT2D eigenvalue weighted by Crippen LogP contribution is 2.53. The molecule has 2 aliphatic rings. The molecule has 0 radical (unpaired) electrons. The molecular formula is C15H27N2O6P. The summed E-state index contributed by atoms with van der Waals surface area (Å²) in [5.74, 6) is -1.09. The molecule has 2 rings (SSSR count). The zero-order chi connectivity index (χ0) is 18.0. The van der Waals surface area contributed by atoms with Gasteiger partial charge in [-0.1, -0.05) is 6.42 Å². The molecule has 0 bridgehead atoms. The standard InChI is InChI=1S/C15H27N2O6P/c1-15(2,3)14(19)22-10-23-24(21,16-11-6-4-7-11)12-8-5-9-17(20)13(12)18/h11-12,20H,4-10H2,1-3H3,(H,16,21). The first-order valence-corrected chi connectivity index (χ1v) is 10.0. The number of amides is 1. The van der Waals surface area contributed by atoms with Gasteiger partial charge in [-0.05, 0) is 46.5 Å². The lowest BCUT2D eigenvalue weighted by atomic mass is 9.94. The fourth-order valence-corrected chi connectivity index (χ4v) is 4.90. The minimum Gasteiger partial charge on any atom is -0.438 e. The number of piperidine rings is 1. The van der Waals surface area contributed by atoms with Gasteiger partial charge in [0.2, 0.25) is 0 Å². The molecule has 8 nitrogen and oxygen atoms in total. The molecule has 0 spiro atoms. The number of carbonyl (C=O) groups excluding carboxylic acids is 2. The molecule has 2 unspecified atom stereocenters. The SMILES string of the molecule is CC(C)(C)C(=O)OCOP(=O)(NC1CCC1)C1CCCN(O)C1=O. The molecule has 1 aliphatic carbocycles. The van der Waals surface area contributed by atoms with Crippen LogP contribution in [0.5, 0.6) is 0 Å². The van der Waals surface area contributed by atoms with E-state index in [1.54, 1.807) is 20.8 Å². The molecule has 1 aliphatic heterocycles. The maximum atomic E-state index is 13.3. The first kappa shape index (κ1) is 19.4. The summed E-state index contributed by atoms with van der Waals surface area (Å²) in [5.41, 5.74) is -1.65. The Morgan fingerprint density at radius 2 is 2.00 bits per heavy atom. The predicted molar refractivity (Wildman–Crippen MR) is 86.4 cm³/mol. The highest BCUT2D eigenvalue weighted by atomic mass is 31.2. The van der Waals surface area contributed by atoms with Crippen molar-refractivity contribution in [3.63, 3.8) is 0 Å². The summed E-state index contributed by atoms with van der Waals surface area (Å²) in [4.78, 5) is 24.0. The van der Waals surface area contributed by atoms with Crippen molar-refractivity contribution in [3.8, 4) is 0 Å². The van der Waals surface area contributed by atoms with Crippen LogP contribution < -0.4 is 5.09 Å². The maximum Gasteiger partial charge on any atom is 0.313 e. The number of hydroxylamine groups is 2. The van der Waals surface area contributed by atoms with E-state index in [2.05, 4.69) is 5.09 Å². The van der Waals surface area contributed by atoms with Crippen molar-refractivity contribution < 1.29 is 28.6 Å². The van der Waals surface area contributed by atoms with E-state index in [0.29, 0.717) is 17.9 Å². The molecule has 0 aromatic carbocycles. The Morgan fingerprint density at radius 1 is 1.33 bits per heavy atom. The van der Waals surface area contributed by atoms with Crippen LogP contribution in [0.4, 0.5) is 0 Å². The molecule has 2 atom stereocenters. The molecule has 1 saturated heterocycles. The third-order valence-electron chi connectivity index (χ3n) is 4.31. The molecule has 2 fully saturated rings. The summed E-state index contributed by atoms with van der Waals surface area (Å²) in [6, 6.07) is 0.0241. The van der Waals surface area contributed by atoms with Gasteiger partial charge in [0.15, 0.2) is 6.79 Å². The minimum atomic E-state index is -3.60. The summed E-state index contributed by atoms with van der Waals surface area (Å²) < 4.78 is 23.7. The Hall–Kier alpha value is -0.950. The van der Waals surface area contributed by atoms with Gasteiger partial charge in [-0.25, -0.2) is 10.2 Å². The second-order valence-corrected chi connectivity index (χ2v) is 9.74. The Morgan fingerprint density at radius 3 is 2.54 bits per heavy atom. The van der Waals surface area contributed by atoms with Gasteiger partial charge in [0.25, 0.3) is 13.4 Å². The van der Waals surface area contributed by atoms with Gasteiger partial charge in [-0.15, -0.1) is 0 Å². The van der Waals surface area contributed by atoms with Crippen molar-refractivity contribution in [2.24, 2.45) is 5.41 Å². The minimum absolute atomic E-state index is 0.0241. The van der Waals surface area contributed by atoms with Crippen LogP contribution in [-0.2, 0) is 23.4 Å². The zero-order valence-electron chi connectivity index (χ0n) is 14.5. The predicted octanol–water partition coefficient (Wildman–Crippen LogP) is 2.27. The van der Waals surface area contributed by atoms with Gasteiger partial charge in [0.1, 0.15) is 5.66 Å². The average Bonchev–Trinajstić information content (AvgIpc) is 2.45. The molecule has 9 heteroatoms. The maximum absolute atomic E-state index is 13.3. The van der Waals surface area contributed by atoms with E-state index in [1.807, 2.05) is 0 Å². The van der Waals surface area contributed by atoms with Crippen LogP contribution >= 0.6 is 7.52 Å². The quantitative estimate of drug-likeness (QED) is 0.323. The summed E-state index contributed by atoms with van der Waals surface area (Å²) in [7, 11) is -3.60. The Bertz CT molecular complexity index is 529. The third-order valence-corrected chi connectivity index (χ3v) is 6.83. The van der Waals surface area contributed by atoms with E-state index in [4.69, 9.17) is 9.26 Å². The van der Waals surface area contributed by atoms with Gasteiger partial charge in [0.05, 0.1) is 5.41 Å². The van der Waals surface area contributed by atoms with Crippen molar-refractivity contribution in [3.05, 3.63) is 0 Å². The lowest BCUT2D eigenvalue weighted by Gasteiger charge is -2.37. The van der Waals surface area contributed by atoms with Crippen molar-refractivity contribution >= 4 is 19.4 Å². The van der Waals surface area contributed by atoms with Crippen molar-refractivity contribution in [2.75, 3.05) is 13.3 Å². The van der Waals surface area contributed by atoms with E-state index in [0.717, 1.165) is 19.3 Å². The number of esters is 1. The van der Waals surface area contributed by atoms with Crippen LogP contribution in [0.2, 0.25) is 0 Å². The molecule has 1 amide bonds. The highest BCUT2D eigenvalue weighted by Gasteiger charge is 2.45. The Balaban J connectivity index is 2.04. The molecule has 24 heavy (non-hydrogen) atoms. The molecule has 2 N–H and O–H groups in total. The Kier molecular flexibility index (Phi) is 6.07. The molecule has 0 aromatic rings. The van der Waals surface area contributed by atoms with Crippen LogP contribution in [0.25, 0.3) is 0 Å². The number of nitrogens with one attached hydrogen (secondary N) is 1. The number of ether oxygens (including phenoxy) is 1. The summed E-state index contributed by atoms with van der Waals surface area (Å²) in [5, 5.41) is 13.2. The van der Waals surface area contributed by atoms with Crippen LogP contribution in [0.1, 0.15) is 52.9 Å². The summed E-state index contributed by atoms with van der Waals surface area (Å²) in [6.45, 7) is 4.85. The van der Waals surface area contributed by atoms with Gasteiger partial charge >= 0.3 is 5.97 Å². The smallest absolute Gasteiger partial charge is 0.313 e. The van der Waals surface area contributed by atoms with Crippen LogP contribution in [-0.4, -0.2) is 47.2 Å². The fourth-order valence-electron chi connectivity index (χ4n) is 2.54. The summed E-state index contributed by atoms with van der Waals surface area (Å²) in [6.07, 6.45) is 3.65. The molecule has 1 heterocycles. The number of hydrogen-bond donors (Lipinski definition) is 2. The molecule has 138 valence electrons. The lowest BCUT2D eigenvalue weighted by Crippen LogP contribution is -2.46. The van der Waals surface area contributed by atoms with Gasteiger partial charge in [0, 0.05) is 12.6 Å². The van der Waals surface area contributed by atoms with Gasteiger partial charge in [-0.2, -0.15) is 0 Å². The second kappa shape index (κ2) is 7.52. The van der Waals surface area contributed by atoms with Crippen molar-refractivity contribution in [1.29, 1.82) is 0 Å².